The van der Waals surface area contributed by atoms with E-state index in [0.29, 0.717) is 6.42 Å². The molecule has 0 aliphatic carbocycles. The molecule has 0 heterocycles. The van der Waals surface area contributed by atoms with Gasteiger partial charge >= 0.3 is 0 Å². The van der Waals surface area contributed by atoms with Crippen LogP contribution in [-0.2, 0) is 17.8 Å². The van der Waals surface area contributed by atoms with Crippen LogP contribution in [0.15, 0.2) is 48.5 Å². The minimum absolute atomic E-state index is 0.0622. The fourth-order valence-electron chi connectivity index (χ4n) is 2.41. The summed E-state index contributed by atoms with van der Waals surface area (Å²) >= 11 is 0. The first-order chi connectivity index (χ1) is 10.7. The molecule has 3 nitrogen and oxygen atoms in total. The third kappa shape index (κ3) is 4.71. The zero-order chi connectivity index (χ0) is 15.8. The molecule has 0 aliphatic rings. The maximum atomic E-state index is 12.2. The van der Waals surface area contributed by atoms with Crippen LogP contribution in [0.25, 0.3) is 0 Å². The Morgan fingerprint density at radius 1 is 1.00 bits per heavy atom. The van der Waals surface area contributed by atoms with Crippen LogP contribution in [0.1, 0.15) is 30.0 Å². The lowest BCUT2D eigenvalue weighted by Gasteiger charge is -2.12. The van der Waals surface area contributed by atoms with E-state index < -0.39 is 0 Å². The van der Waals surface area contributed by atoms with Gasteiger partial charge in [0.05, 0.1) is 0 Å². The van der Waals surface area contributed by atoms with Crippen molar-refractivity contribution in [2.75, 3.05) is 11.9 Å². The van der Waals surface area contributed by atoms with Crippen molar-refractivity contribution in [1.82, 2.24) is 5.32 Å². The molecule has 0 spiro atoms. The van der Waals surface area contributed by atoms with Gasteiger partial charge in [0.2, 0.25) is 5.91 Å². The van der Waals surface area contributed by atoms with Gasteiger partial charge in [0.25, 0.3) is 0 Å². The Morgan fingerprint density at radius 3 is 2.41 bits per heavy atom. The monoisotopic (exact) mass is 296 g/mol. The molecule has 1 amide bonds. The number of para-hydroxylation sites is 1. The largest absolute Gasteiger partial charge is 0.326 e. The molecule has 116 valence electrons. The van der Waals surface area contributed by atoms with Crippen LogP contribution < -0.4 is 10.6 Å². The topological polar surface area (TPSA) is 41.1 Å². The first-order valence-electron chi connectivity index (χ1n) is 7.83. The summed E-state index contributed by atoms with van der Waals surface area (Å²) < 4.78 is 0. The highest BCUT2D eigenvalue weighted by Gasteiger charge is 2.07. The number of amides is 1. The number of carbonyl (C=O) groups excluding carboxylic acids is 1. The van der Waals surface area contributed by atoms with Crippen molar-refractivity contribution in [2.45, 2.75) is 33.2 Å². The highest BCUT2D eigenvalue weighted by Crippen LogP contribution is 2.16. The molecule has 0 fully saturated rings. The fourth-order valence-corrected chi connectivity index (χ4v) is 2.41. The average molecular weight is 296 g/mol. The normalized spacial score (nSPS) is 10.5. The smallest absolute Gasteiger partial charge is 0.224 e. The van der Waals surface area contributed by atoms with Crippen molar-refractivity contribution in [3.63, 3.8) is 0 Å². The predicted molar refractivity (Wildman–Crippen MR) is 92.0 cm³/mol. The van der Waals surface area contributed by atoms with Gasteiger partial charge in [-0.15, -0.1) is 0 Å². The average Bonchev–Trinajstić information content (AvgIpc) is 2.53. The Morgan fingerprint density at radius 2 is 1.68 bits per heavy atom. The molecule has 22 heavy (non-hydrogen) atoms. The van der Waals surface area contributed by atoms with E-state index in [9.17, 15) is 4.79 Å². The molecular weight excluding hydrogens is 272 g/mol. The molecule has 0 aromatic heterocycles. The van der Waals surface area contributed by atoms with Gasteiger partial charge in [-0.3, -0.25) is 4.79 Å². The van der Waals surface area contributed by atoms with E-state index in [-0.39, 0.29) is 5.91 Å². The standard InChI is InChI=1S/C19H24N2O/c1-3-20-14-17-10-6-7-11-18(17)21-19(22)13-12-16-9-5-4-8-15(16)2/h4-11,20H,3,12-14H2,1-2H3,(H,21,22). The summed E-state index contributed by atoms with van der Waals surface area (Å²) in [7, 11) is 0. The summed E-state index contributed by atoms with van der Waals surface area (Å²) in [6, 6.07) is 16.2. The Balaban J connectivity index is 1.93. The van der Waals surface area contributed by atoms with Crippen molar-refractivity contribution in [3.8, 4) is 0 Å². The van der Waals surface area contributed by atoms with Crippen LogP contribution in [0.3, 0.4) is 0 Å². The van der Waals surface area contributed by atoms with Gasteiger partial charge in [0.1, 0.15) is 0 Å². The Hall–Kier alpha value is -2.13. The van der Waals surface area contributed by atoms with Crippen LogP contribution in [0.2, 0.25) is 0 Å². The second kappa shape index (κ2) is 8.35. The lowest BCUT2D eigenvalue weighted by atomic mass is 10.0. The third-order valence-electron chi connectivity index (χ3n) is 3.74. The first kappa shape index (κ1) is 16.2. The molecule has 2 N–H and O–H groups in total. The van der Waals surface area contributed by atoms with Gasteiger partial charge in [0.15, 0.2) is 0 Å². The Kier molecular flexibility index (Phi) is 6.16. The van der Waals surface area contributed by atoms with Crippen molar-refractivity contribution < 1.29 is 4.79 Å². The number of benzene rings is 2. The molecule has 3 heteroatoms. The van der Waals surface area contributed by atoms with Crippen LogP contribution >= 0.6 is 0 Å². The molecular formula is C19H24N2O. The highest BCUT2D eigenvalue weighted by atomic mass is 16.1. The Labute approximate surface area is 132 Å². The summed E-state index contributed by atoms with van der Waals surface area (Å²) in [5.74, 6) is 0.0622. The van der Waals surface area contributed by atoms with Gasteiger partial charge in [-0.05, 0) is 42.6 Å². The maximum absolute atomic E-state index is 12.2. The van der Waals surface area contributed by atoms with E-state index >= 15 is 0 Å². The number of nitrogens with one attached hydrogen (secondary N) is 2. The van der Waals surface area contributed by atoms with Gasteiger partial charge in [-0.2, -0.15) is 0 Å². The molecule has 0 saturated heterocycles. The summed E-state index contributed by atoms with van der Waals surface area (Å²) in [6.45, 7) is 5.84. The van der Waals surface area contributed by atoms with Crippen molar-refractivity contribution in [2.24, 2.45) is 0 Å². The molecule has 2 rings (SSSR count). The van der Waals surface area contributed by atoms with E-state index in [1.807, 2.05) is 36.4 Å². The van der Waals surface area contributed by atoms with Crippen molar-refractivity contribution >= 4 is 11.6 Å². The molecule has 2 aromatic rings. The molecule has 0 unspecified atom stereocenters. The van der Waals surface area contributed by atoms with E-state index in [2.05, 4.69) is 36.6 Å². The van der Waals surface area contributed by atoms with E-state index in [0.717, 1.165) is 30.8 Å². The van der Waals surface area contributed by atoms with Crippen molar-refractivity contribution in [3.05, 3.63) is 65.2 Å². The second-order valence-electron chi connectivity index (χ2n) is 5.41. The second-order valence-corrected chi connectivity index (χ2v) is 5.41. The number of rotatable bonds is 7. The number of aryl methyl sites for hydroxylation is 2. The maximum Gasteiger partial charge on any atom is 0.224 e. The fraction of sp³-hybridized carbons (Fsp3) is 0.316. The molecule has 0 aliphatic heterocycles. The van der Waals surface area contributed by atoms with Gasteiger partial charge in [-0.1, -0.05) is 49.4 Å². The van der Waals surface area contributed by atoms with Crippen LogP contribution in [0.4, 0.5) is 5.69 Å². The molecule has 0 atom stereocenters. The van der Waals surface area contributed by atoms with E-state index in [1.165, 1.54) is 11.1 Å². The lowest BCUT2D eigenvalue weighted by molar-refractivity contribution is -0.116. The lowest BCUT2D eigenvalue weighted by Crippen LogP contribution is -2.17. The van der Waals surface area contributed by atoms with Gasteiger partial charge in [0, 0.05) is 18.7 Å². The van der Waals surface area contributed by atoms with Crippen LogP contribution in [-0.4, -0.2) is 12.5 Å². The number of hydrogen-bond donors (Lipinski definition) is 2. The number of carbonyl (C=O) groups is 1. The highest BCUT2D eigenvalue weighted by molar-refractivity contribution is 5.91. The zero-order valence-electron chi connectivity index (χ0n) is 13.4. The summed E-state index contributed by atoms with van der Waals surface area (Å²) in [5, 5.41) is 6.32. The van der Waals surface area contributed by atoms with Crippen LogP contribution in [0, 0.1) is 6.92 Å². The SMILES string of the molecule is CCNCc1ccccc1NC(=O)CCc1ccccc1C. The first-order valence-corrected chi connectivity index (χ1v) is 7.83. The Bertz CT molecular complexity index is 622. The molecule has 2 aromatic carbocycles. The minimum atomic E-state index is 0.0622. The van der Waals surface area contributed by atoms with Gasteiger partial charge < -0.3 is 10.6 Å². The third-order valence-corrected chi connectivity index (χ3v) is 3.74. The predicted octanol–water partition coefficient (Wildman–Crippen LogP) is 3.68. The number of anilines is 1. The quantitative estimate of drug-likeness (QED) is 0.818. The van der Waals surface area contributed by atoms with Crippen LogP contribution in [0.5, 0.6) is 0 Å². The molecule has 0 saturated carbocycles. The summed E-state index contributed by atoms with van der Waals surface area (Å²) in [4.78, 5) is 12.2. The zero-order valence-corrected chi connectivity index (χ0v) is 13.4. The van der Waals surface area contributed by atoms with Gasteiger partial charge in [-0.25, -0.2) is 0 Å². The van der Waals surface area contributed by atoms with E-state index in [1.54, 1.807) is 0 Å². The van der Waals surface area contributed by atoms with Crippen molar-refractivity contribution in [1.29, 1.82) is 0 Å². The van der Waals surface area contributed by atoms with E-state index in [4.69, 9.17) is 0 Å². The molecule has 0 bridgehead atoms. The number of hydrogen-bond acceptors (Lipinski definition) is 2. The molecule has 0 radical (unpaired) electrons. The summed E-state index contributed by atoms with van der Waals surface area (Å²) in [5.41, 5.74) is 4.49. The minimum Gasteiger partial charge on any atom is -0.326 e. The summed E-state index contributed by atoms with van der Waals surface area (Å²) in [6.07, 6.45) is 1.27.